The van der Waals surface area contributed by atoms with E-state index in [-0.39, 0.29) is 12.0 Å². The molecule has 1 saturated heterocycles. The molecule has 1 fully saturated rings. The summed E-state index contributed by atoms with van der Waals surface area (Å²) in [5.41, 5.74) is 0.755. The smallest absolute Gasteiger partial charge is 0.415 e. The molecule has 0 aliphatic carbocycles. The van der Waals surface area contributed by atoms with E-state index in [9.17, 15) is 9.59 Å². The molecular weight excluding hydrogens is 424 g/mol. The van der Waals surface area contributed by atoms with Crippen molar-refractivity contribution < 1.29 is 28.5 Å². The van der Waals surface area contributed by atoms with Crippen LogP contribution >= 0.6 is 0 Å². The number of likely N-dealkylation sites (tertiary alicyclic amines) is 1. The molecule has 8 heteroatoms. The number of amides is 2. The van der Waals surface area contributed by atoms with Gasteiger partial charge in [-0.05, 0) is 54.7 Å². The van der Waals surface area contributed by atoms with Gasteiger partial charge in [-0.25, -0.2) is 4.79 Å². The van der Waals surface area contributed by atoms with E-state index in [1.165, 1.54) is 6.08 Å². The number of rotatable bonds is 8. The number of nitrogens with one attached hydrogen (secondary N) is 1. The summed E-state index contributed by atoms with van der Waals surface area (Å²) in [6, 6.07) is 12.6. The number of carbonyl (C=O) groups excluding carboxylic acids is 2. The second-order valence-corrected chi connectivity index (χ2v) is 7.65. The summed E-state index contributed by atoms with van der Waals surface area (Å²) < 4.78 is 21.4. The summed E-state index contributed by atoms with van der Waals surface area (Å²) in [6.07, 6.45) is 4.45. The molecule has 8 nitrogen and oxygen atoms in total. The third kappa shape index (κ3) is 6.65. The minimum atomic E-state index is -0.336. The predicted octanol–water partition coefficient (Wildman–Crippen LogP) is 3.75. The van der Waals surface area contributed by atoms with Gasteiger partial charge < -0.3 is 29.2 Å². The molecule has 33 heavy (non-hydrogen) atoms. The van der Waals surface area contributed by atoms with E-state index in [0.717, 1.165) is 18.4 Å². The van der Waals surface area contributed by atoms with Crippen LogP contribution in [0.5, 0.6) is 23.0 Å². The van der Waals surface area contributed by atoms with Gasteiger partial charge in [0.25, 0.3) is 0 Å². The highest BCUT2D eigenvalue weighted by atomic mass is 16.6. The Morgan fingerprint density at radius 3 is 2.21 bits per heavy atom. The fourth-order valence-corrected chi connectivity index (χ4v) is 3.65. The van der Waals surface area contributed by atoms with Gasteiger partial charge in [0.15, 0.2) is 11.5 Å². The lowest BCUT2D eigenvalue weighted by molar-refractivity contribution is -0.116. The number of methoxy groups -OCH3 is 3. The summed E-state index contributed by atoms with van der Waals surface area (Å²) in [7, 11) is 4.63. The van der Waals surface area contributed by atoms with Crippen molar-refractivity contribution in [2.75, 3.05) is 41.0 Å². The van der Waals surface area contributed by atoms with Crippen molar-refractivity contribution in [3.63, 3.8) is 0 Å². The van der Waals surface area contributed by atoms with Crippen molar-refractivity contribution in [2.24, 2.45) is 5.92 Å². The number of hydrogen-bond donors (Lipinski definition) is 1. The lowest BCUT2D eigenvalue weighted by Crippen LogP contribution is -2.42. The molecule has 2 aromatic rings. The third-order valence-corrected chi connectivity index (χ3v) is 5.50. The number of piperidine rings is 1. The van der Waals surface area contributed by atoms with Crippen LogP contribution in [0.15, 0.2) is 48.5 Å². The maximum Gasteiger partial charge on any atom is 0.415 e. The molecule has 0 atom stereocenters. The van der Waals surface area contributed by atoms with Crippen molar-refractivity contribution in [1.82, 2.24) is 10.2 Å². The van der Waals surface area contributed by atoms with E-state index in [2.05, 4.69) is 5.32 Å². The maximum atomic E-state index is 12.3. The first-order chi connectivity index (χ1) is 16.0. The average Bonchev–Trinajstić information content (AvgIpc) is 2.86. The highest BCUT2D eigenvalue weighted by Gasteiger charge is 2.24. The first-order valence-electron chi connectivity index (χ1n) is 10.8. The molecule has 1 N–H and O–H groups in total. The number of nitrogens with zero attached hydrogens (tertiary/aromatic N) is 1. The molecule has 0 radical (unpaired) electrons. The lowest BCUT2D eigenvalue weighted by Gasteiger charge is -2.31. The van der Waals surface area contributed by atoms with E-state index in [1.54, 1.807) is 56.6 Å². The Labute approximate surface area is 194 Å². The Balaban J connectivity index is 1.45. The second kappa shape index (κ2) is 11.8. The molecule has 0 bridgehead atoms. The fourth-order valence-electron chi connectivity index (χ4n) is 3.65. The SMILES string of the molecule is COc1cc(/C=C/C(=O)NCC2CCN(C(=O)Oc3ccccc3)CC2)cc(OC)c1OC. The summed E-state index contributed by atoms with van der Waals surface area (Å²) in [6.45, 7) is 1.76. The maximum absolute atomic E-state index is 12.3. The standard InChI is InChI=1S/C25H30N2O6/c1-30-21-15-19(16-22(31-2)24(21)32-3)9-10-23(28)26-17-18-11-13-27(14-12-18)25(29)33-20-7-5-4-6-8-20/h4-10,15-16,18H,11-14,17H2,1-3H3,(H,26,28)/b10-9+. The van der Waals surface area contributed by atoms with Crippen molar-refractivity contribution in [3.05, 3.63) is 54.1 Å². The minimum Gasteiger partial charge on any atom is -0.493 e. The van der Waals surface area contributed by atoms with Crippen LogP contribution in [0, 0.1) is 5.92 Å². The van der Waals surface area contributed by atoms with Gasteiger partial charge in [-0.1, -0.05) is 18.2 Å². The summed E-state index contributed by atoms with van der Waals surface area (Å²) in [5, 5.41) is 2.94. The molecule has 0 saturated carbocycles. The molecule has 2 amide bonds. The van der Waals surface area contributed by atoms with Crippen LogP contribution in [0.25, 0.3) is 6.08 Å². The van der Waals surface area contributed by atoms with Crippen LogP contribution in [0.1, 0.15) is 18.4 Å². The topological polar surface area (TPSA) is 86.3 Å². The van der Waals surface area contributed by atoms with Crippen molar-refractivity contribution in [2.45, 2.75) is 12.8 Å². The number of hydrogen-bond acceptors (Lipinski definition) is 6. The fraction of sp³-hybridized carbons (Fsp3) is 0.360. The zero-order chi connectivity index (χ0) is 23.6. The molecule has 2 aromatic carbocycles. The van der Waals surface area contributed by atoms with Crippen LogP contribution in [-0.2, 0) is 4.79 Å². The van der Waals surface area contributed by atoms with E-state index in [4.69, 9.17) is 18.9 Å². The number of benzene rings is 2. The monoisotopic (exact) mass is 454 g/mol. The first-order valence-corrected chi connectivity index (χ1v) is 10.8. The second-order valence-electron chi connectivity index (χ2n) is 7.65. The molecule has 1 aliphatic heterocycles. The van der Waals surface area contributed by atoms with Gasteiger partial charge in [-0.15, -0.1) is 0 Å². The highest BCUT2D eigenvalue weighted by Crippen LogP contribution is 2.38. The van der Waals surface area contributed by atoms with E-state index in [1.807, 2.05) is 18.2 Å². The Kier molecular flexibility index (Phi) is 8.57. The molecule has 0 spiro atoms. The predicted molar refractivity (Wildman–Crippen MR) is 125 cm³/mol. The highest BCUT2D eigenvalue weighted by molar-refractivity contribution is 5.91. The molecule has 1 heterocycles. The summed E-state index contributed by atoms with van der Waals surface area (Å²) in [4.78, 5) is 26.3. The molecule has 0 aromatic heterocycles. The molecule has 3 rings (SSSR count). The van der Waals surface area contributed by atoms with Crippen LogP contribution in [0.3, 0.4) is 0 Å². The van der Waals surface area contributed by atoms with Crippen LogP contribution in [0.2, 0.25) is 0 Å². The van der Waals surface area contributed by atoms with Crippen LogP contribution < -0.4 is 24.3 Å². The Morgan fingerprint density at radius 1 is 1.00 bits per heavy atom. The Morgan fingerprint density at radius 2 is 1.64 bits per heavy atom. The zero-order valence-electron chi connectivity index (χ0n) is 19.2. The van der Waals surface area contributed by atoms with Crippen molar-refractivity contribution in [3.8, 4) is 23.0 Å². The van der Waals surface area contributed by atoms with Gasteiger partial charge in [0.2, 0.25) is 11.7 Å². The summed E-state index contributed by atoms with van der Waals surface area (Å²) >= 11 is 0. The van der Waals surface area contributed by atoms with Gasteiger partial charge in [0.1, 0.15) is 5.75 Å². The lowest BCUT2D eigenvalue weighted by atomic mass is 9.97. The quantitative estimate of drug-likeness (QED) is 0.612. The zero-order valence-corrected chi connectivity index (χ0v) is 19.2. The first kappa shape index (κ1) is 24.0. The van der Waals surface area contributed by atoms with E-state index < -0.39 is 0 Å². The van der Waals surface area contributed by atoms with Crippen molar-refractivity contribution >= 4 is 18.1 Å². The van der Waals surface area contributed by atoms with Gasteiger partial charge in [-0.3, -0.25) is 4.79 Å². The summed E-state index contributed by atoms with van der Waals surface area (Å²) in [5.74, 6) is 2.21. The molecule has 176 valence electrons. The molecular formula is C25H30N2O6. The van der Waals surface area contributed by atoms with Gasteiger partial charge >= 0.3 is 6.09 Å². The van der Waals surface area contributed by atoms with Crippen molar-refractivity contribution in [1.29, 1.82) is 0 Å². The van der Waals surface area contributed by atoms with E-state index in [0.29, 0.717) is 48.6 Å². The van der Waals surface area contributed by atoms with E-state index >= 15 is 0 Å². The number of ether oxygens (including phenoxy) is 4. The molecule has 0 unspecified atom stereocenters. The van der Waals surface area contributed by atoms with Crippen LogP contribution in [-0.4, -0.2) is 57.9 Å². The Bertz CT molecular complexity index is 943. The normalized spacial score (nSPS) is 14.1. The van der Waals surface area contributed by atoms with Gasteiger partial charge in [0.05, 0.1) is 21.3 Å². The number of carbonyl (C=O) groups is 2. The number of para-hydroxylation sites is 1. The van der Waals surface area contributed by atoms with Crippen LogP contribution in [0.4, 0.5) is 4.79 Å². The van der Waals surface area contributed by atoms with Gasteiger partial charge in [-0.2, -0.15) is 0 Å². The van der Waals surface area contributed by atoms with Gasteiger partial charge in [0, 0.05) is 25.7 Å². The minimum absolute atomic E-state index is 0.185. The average molecular weight is 455 g/mol. The Hall–Kier alpha value is -3.68. The third-order valence-electron chi connectivity index (χ3n) is 5.50. The molecule has 1 aliphatic rings. The largest absolute Gasteiger partial charge is 0.493 e.